The second-order valence-electron chi connectivity index (χ2n) is 6.37. The van der Waals surface area contributed by atoms with Crippen molar-refractivity contribution in [2.45, 2.75) is 18.8 Å². The second kappa shape index (κ2) is 7.13. The summed E-state index contributed by atoms with van der Waals surface area (Å²) in [6, 6.07) is 14.2. The van der Waals surface area contributed by atoms with Crippen LogP contribution in [0.1, 0.15) is 44.4 Å². The second-order valence-corrected chi connectivity index (χ2v) is 7.55. The van der Waals surface area contributed by atoms with Crippen LogP contribution in [0.4, 0.5) is 5.69 Å². The first-order valence-corrected chi connectivity index (χ1v) is 9.59. The van der Waals surface area contributed by atoms with Gasteiger partial charge in [-0.15, -0.1) is 0 Å². The summed E-state index contributed by atoms with van der Waals surface area (Å²) in [4.78, 5) is 24.5. The molecule has 3 aromatic rings. The summed E-state index contributed by atoms with van der Waals surface area (Å²) >= 11 is 7.18. The van der Waals surface area contributed by atoms with Gasteiger partial charge in [-0.05, 0) is 48.5 Å². The Morgan fingerprint density at radius 2 is 1.89 bits per heavy atom. The number of nitrogens with zero attached hydrogens (tertiary/aromatic N) is 1. The Bertz CT molecular complexity index is 1030. The Labute approximate surface area is 164 Å². The Kier molecular flexibility index (Phi) is 4.68. The van der Waals surface area contributed by atoms with Gasteiger partial charge in [-0.3, -0.25) is 4.79 Å². The van der Waals surface area contributed by atoms with E-state index < -0.39 is 5.97 Å². The summed E-state index contributed by atoms with van der Waals surface area (Å²) < 4.78 is 4.54. The molecule has 0 atom stereocenters. The number of hydrogen-bond donors (Lipinski definition) is 2. The fourth-order valence-corrected chi connectivity index (χ4v) is 4.11. The van der Waals surface area contributed by atoms with Crippen molar-refractivity contribution in [3.05, 3.63) is 69.6 Å². The summed E-state index contributed by atoms with van der Waals surface area (Å²) in [5, 5.41) is 11.9. The summed E-state index contributed by atoms with van der Waals surface area (Å²) in [7, 11) is 0. The van der Waals surface area contributed by atoms with Crippen LogP contribution in [-0.2, 0) is 0 Å². The maximum atomic E-state index is 12.8. The van der Waals surface area contributed by atoms with Crippen LogP contribution >= 0.6 is 23.1 Å². The Morgan fingerprint density at radius 3 is 2.52 bits per heavy atom. The van der Waals surface area contributed by atoms with E-state index in [-0.39, 0.29) is 16.5 Å². The van der Waals surface area contributed by atoms with E-state index in [9.17, 15) is 9.59 Å². The molecular formula is C20H15ClN2O3S. The first kappa shape index (κ1) is 17.7. The lowest BCUT2D eigenvalue weighted by molar-refractivity contribution is 0.0697. The highest BCUT2D eigenvalue weighted by Gasteiger charge is 2.33. The molecule has 1 aromatic heterocycles. The predicted molar refractivity (Wildman–Crippen MR) is 106 cm³/mol. The maximum absolute atomic E-state index is 12.8. The van der Waals surface area contributed by atoms with Gasteiger partial charge in [0.15, 0.2) is 0 Å². The van der Waals surface area contributed by atoms with Crippen LogP contribution in [0, 0.1) is 0 Å². The molecule has 1 aliphatic carbocycles. The molecule has 0 aliphatic heterocycles. The molecule has 5 nitrogen and oxygen atoms in total. The number of carboxylic acids is 1. The average Bonchev–Trinajstić information content (AvgIpc) is 3.39. The van der Waals surface area contributed by atoms with E-state index in [1.54, 1.807) is 0 Å². The fraction of sp³-hybridized carbons (Fsp3) is 0.150. The number of amides is 1. The number of nitrogens with one attached hydrogen (secondary N) is 1. The van der Waals surface area contributed by atoms with E-state index >= 15 is 0 Å². The Hall–Kier alpha value is -2.70. The Balaban J connectivity index is 1.64. The number of aromatic carboxylic acids is 1. The van der Waals surface area contributed by atoms with Crippen molar-refractivity contribution in [2.75, 3.05) is 5.32 Å². The third-order valence-electron chi connectivity index (χ3n) is 4.42. The number of carboxylic acid groups (broad SMARTS) is 1. The van der Waals surface area contributed by atoms with E-state index in [1.165, 1.54) is 29.7 Å². The van der Waals surface area contributed by atoms with E-state index in [2.05, 4.69) is 9.69 Å². The van der Waals surface area contributed by atoms with Crippen molar-refractivity contribution >= 4 is 40.7 Å². The van der Waals surface area contributed by atoms with E-state index in [4.69, 9.17) is 16.7 Å². The van der Waals surface area contributed by atoms with Gasteiger partial charge in [0.05, 0.1) is 16.3 Å². The zero-order chi connectivity index (χ0) is 19.0. The van der Waals surface area contributed by atoms with Gasteiger partial charge in [-0.2, -0.15) is 4.37 Å². The van der Waals surface area contributed by atoms with Gasteiger partial charge < -0.3 is 10.4 Å². The number of benzene rings is 2. The van der Waals surface area contributed by atoms with E-state index in [0.717, 1.165) is 29.7 Å². The van der Waals surface area contributed by atoms with E-state index in [1.807, 2.05) is 30.3 Å². The van der Waals surface area contributed by atoms with Gasteiger partial charge in [-0.25, -0.2) is 4.79 Å². The van der Waals surface area contributed by atoms with Gasteiger partial charge in [0.25, 0.3) is 5.91 Å². The molecule has 0 radical (unpaired) electrons. The number of carbonyl (C=O) groups is 2. The van der Waals surface area contributed by atoms with Crippen molar-refractivity contribution in [3.8, 4) is 11.3 Å². The monoisotopic (exact) mass is 398 g/mol. The van der Waals surface area contributed by atoms with Gasteiger partial charge in [0.1, 0.15) is 4.88 Å². The fourth-order valence-electron chi connectivity index (χ4n) is 2.97. The number of aromatic nitrogens is 1. The highest BCUT2D eigenvalue weighted by molar-refractivity contribution is 7.08. The predicted octanol–water partition coefficient (Wildman–Crippen LogP) is 5.29. The highest BCUT2D eigenvalue weighted by Crippen LogP contribution is 2.47. The maximum Gasteiger partial charge on any atom is 0.337 e. The lowest BCUT2D eigenvalue weighted by Crippen LogP contribution is -2.12. The van der Waals surface area contributed by atoms with Gasteiger partial charge >= 0.3 is 5.97 Å². The van der Waals surface area contributed by atoms with Crippen molar-refractivity contribution in [1.29, 1.82) is 0 Å². The molecule has 0 saturated heterocycles. The number of carbonyl (C=O) groups excluding carboxylic acids is 1. The molecule has 27 heavy (non-hydrogen) atoms. The van der Waals surface area contributed by atoms with Crippen molar-refractivity contribution in [2.24, 2.45) is 0 Å². The van der Waals surface area contributed by atoms with Crippen LogP contribution in [0.25, 0.3) is 11.3 Å². The standard InChI is InChI=1S/C20H15ClN2O3S/c21-15-10-13(8-9-14(15)20(25)26)22-19(24)18-16(11-6-7-11)17(23-27-18)12-4-2-1-3-5-12/h1-5,8-11H,6-7H2,(H,22,24)(H,25,26). The van der Waals surface area contributed by atoms with Crippen molar-refractivity contribution in [1.82, 2.24) is 4.37 Å². The molecule has 0 bridgehead atoms. The van der Waals surface area contributed by atoms with Crippen LogP contribution < -0.4 is 5.32 Å². The van der Waals surface area contributed by atoms with Crippen LogP contribution in [0.3, 0.4) is 0 Å². The highest BCUT2D eigenvalue weighted by atomic mass is 35.5. The molecule has 1 fully saturated rings. The largest absolute Gasteiger partial charge is 0.478 e. The summed E-state index contributed by atoms with van der Waals surface area (Å²) in [5.74, 6) is -1.00. The summed E-state index contributed by atoms with van der Waals surface area (Å²) in [5.41, 5.74) is 3.32. The zero-order valence-corrected chi connectivity index (χ0v) is 15.7. The SMILES string of the molecule is O=C(O)c1ccc(NC(=O)c2snc(-c3ccccc3)c2C2CC2)cc1Cl. The molecule has 1 heterocycles. The van der Waals surface area contributed by atoms with Crippen LogP contribution in [0.15, 0.2) is 48.5 Å². The molecular weight excluding hydrogens is 384 g/mol. The van der Waals surface area contributed by atoms with Gasteiger partial charge in [0, 0.05) is 16.8 Å². The molecule has 4 rings (SSSR count). The number of anilines is 1. The number of hydrogen-bond acceptors (Lipinski definition) is 4. The topological polar surface area (TPSA) is 79.3 Å². The number of halogens is 1. The minimum absolute atomic E-state index is 0.00232. The lowest BCUT2D eigenvalue weighted by Gasteiger charge is -2.08. The molecule has 2 N–H and O–H groups in total. The normalized spacial score (nSPS) is 13.4. The first-order chi connectivity index (χ1) is 13.0. The lowest BCUT2D eigenvalue weighted by atomic mass is 10.0. The first-order valence-electron chi connectivity index (χ1n) is 8.44. The van der Waals surface area contributed by atoms with Gasteiger partial charge in [0.2, 0.25) is 0 Å². The van der Waals surface area contributed by atoms with Crippen LogP contribution in [-0.4, -0.2) is 21.4 Å². The molecule has 0 unspecified atom stereocenters. The third-order valence-corrected chi connectivity index (χ3v) is 5.60. The molecule has 7 heteroatoms. The average molecular weight is 399 g/mol. The van der Waals surface area contributed by atoms with Crippen molar-refractivity contribution in [3.63, 3.8) is 0 Å². The van der Waals surface area contributed by atoms with Crippen molar-refractivity contribution < 1.29 is 14.7 Å². The van der Waals surface area contributed by atoms with Crippen LogP contribution in [0.5, 0.6) is 0 Å². The molecule has 1 aliphatic rings. The molecule has 1 amide bonds. The Morgan fingerprint density at radius 1 is 1.15 bits per heavy atom. The summed E-state index contributed by atoms with van der Waals surface area (Å²) in [6.45, 7) is 0. The minimum atomic E-state index is -1.11. The smallest absolute Gasteiger partial charge is 0.337 e. The molecule has 0 spiro atoms. The number of rotatable bonds is 5. The summed E-state index contributed by atoms with van der Waals surface area (Å²) in [6.07, 6.45) is 2.11. The molecule has 1 saturated carbocycles. The van der Waals surface area contributed by atoms with Gasteiger partial charge in [-0.1, -0.05) is 41.9 Å². The molecule has 136 valence electrons. The van der Waals surface area contributed by atoms with Crippen LogP contribution in [0.2, 0.25) is 5.02 Å². The zero-order valence-electron chi connectivity index (χ0n) is 14.1. The minimum Gasteiger partial charge on any atom is -0.478 e. The van der Waals surface area contributed by atoms with E-state index in [0.29, 0.717) is 16.5 Å². The molecule has 2 aromatic carbocycles. The third kappa shape index (κ3) is 3.59. The quantitative estimate of drug-likeness (QED) is 0.611.